The van der Waals surface area contributed by atoms with Crippen LogP contribution in [0.4, 0.5) is 0 Å². The van der Waals surface area contributed by atoms with Crippen LogP contribution < -0.4 is 5.32 Å². The second-order valence-electron chi connectivity index (χ2n) is 27.1. The molecule has 0 aromatic rings. The highest BCUT2D eigenvalue weighted by atomic mass is 16.8. The fraction of sp³-hybridized carbons (Fsp3) is 0.855. The molecule has 12 N–H and O–H groups in total. The summed E-state index contributed by atoms with van der Waals surface area (Å²) in [7, 11) is 0. The Morgan fingerprint density at radius 2 is 0.705 bits per heavy atom. The number of carbonyl (C=O) groups excluding carboxylic acids is 1. The number of ether oxygens (including phenoxy) is 6. The number of aliphatic hydroxyl groups excluding tert-OH is 11. The Morgan fingerprint density at radius 3 is 1.12 bits per heavy atom. The second-order valence-corrected chi connectivity index (χ2v) is 27.1. The topological polar surface area (TPSA) is 307 Å². The van der Waals surface area contributed by atoms with Crippen molar-refractivity contribution in [3.8, 4) is 0 Å². The molecule has 0 bridgehead atoms. The van der Waals surface area contributed by atoms with Gasteiger partial charge in [-0.25, -0.2) is 0 Å². The van der Waals surface area contributed by atoms with E-state index in [4.69, 9.17) is 28.4 Å². The Morgan fingerprint density at radius 1 is 0.379 bits per heavy atom. The summed E-state index contributed by atoms with van der Waals surface area (Å²) in [5.74, 6) is -0.293. The largest absolute Gasteiger partial charge is 0.394 e. The second kappa shape index (κ2) is 57.2. The minimum Gasteiger partial charge on any atom is -0.394 e. The van der Waals surface area contributed by atoms with Crippen LogP contribution in [-0.2, 0) is 33.2 Å². The van der Waals surface area contributed by atoms with Gasteiger partial charge in [0.15, 0.2) is 18.9 Å². The molecule has 0 radical (unpaired) electrons. The molecule has 3 fully saturated rings. The molecule has 0 saturated carbocycles. The normalized spacial score (nSPS) is 27.5. The first-order valence-corrected chi connectivity index (χ1v) is 38.0. The van der Waals surface area contributed by atoms with Gasteiger partial charge in [0.25, 0.3) is 0 Å². The molecule has 1 amide bonds. The smallest absolute Gasteiger partial charge is 0.220 e. The average molecular weight is 1350 g/mol. The van der Waals surface area contributed by atoms with Crippen molar-refractivity contribution < 1.29 is 89.4 Å². The standard InChI is InChI=1S/C76H137NO18/c1-3-5-7-9-11-13-15-17-19-21-23-25-26-27-28-29-30-31-32-34-35-37-39-41-43-45-47-49-51-53-60(81)59(77-64(82)54-52-50-48-46-44-42-40-38-36-33-24-22-20-18-16-14-12-10-8-6-4-2)58-90-74-70(88)67(85)72(62(56-79)92-74)95-76-71(89)68(86)73(63(57-80)93-76)94-75-69(87)66(84)65(83)61(55-78)91-75/h16,18,22,24,35,37,43,45,51,53,59-63,65-76,78-81,83-89H,3-15,17,19-21,23,25-34,36,38-42,44,46-50,52,54-58H2,1-2H3,(H,77,82)/b18-16-,24-22-,37-35+,45-43+,53-51+. The SMILES string of the molecule is CCCCCCC/C=C\C/C=C\CCCCCCCCCCCC(=O)NC(COC1OC(CO)C(OC2OC(CO)C(OC3OC(CO)C(O)C(O)C3O)C(O)C2O)C(O)C1O)C(O)/C=C/CC/C=C/CC/C=C/CCCCCCCCCCCCCCCCCCCCC. The third kappa shape index (κ3) is 38.2. The Hall–Kier alpha value is -2.51. The van der Waals surface area contributed by atoms with Crippen LogP contribution in [0.3, 0.4) is 0 Å². The van der Waals surface area contributed by atoms with Gasteiger partial charge in [-0.1, -0.05) is 261 Å². The van der Waals surface area contributed by atoms with E-state index >= 15 is 0 Å². The summed E-state index contributed by atoms with van der Waals surface area (Å²) in [4.78, 5) is 13.4. The zero-order valence-electron chi connectivity index (χ0n) is 58.9. The zero-order chi connectivity index (χ0) is 68.9. The molecule has 0 aliphatic carbocycles. The van der Waals surface area contributed by atoms with Crippen LogP contribution in [0, 0.1) is 0 Å². The van der Waals surface area contributed by atoms with Gasteiger partial charge in [-0.3, -0.25) is 4.79 Å². The molecule has 554 valence electrons. The van der Waals surface area contributed by atoms with Crippen LogP contribution in [-0.4, -0.2) is 193 Å². The molecule has 0 aromatic heterocycles. The van der Waals surface area contributed by atoms with Crippen LogP contribution in [0.1, 0.15) is 284 Å². The zero-order valence-corrected chi connectivity index (χ0v) is 58.9. The first-order valence-electron chi connectivity index (χ1n) is 38.0. The molecule has 3 aliphatic heterocycles. The molecule has 0 aromatic carbocycles. The van der Waals surface area contributed by atoms with Gasteiger partial charge in [-0.15, -0.1) is 0 Å². The Balaban J connectivity index is 1.42. The van der Waals surface area contributed by atoms with Crippen molar-refractivity contribution in [2.75, 3.05) is 26.4 Å². The summed E-state index contributed by atoms with van der Waals surface area (Å²) >= 11 is 0. The van der Waals surface area contributed by atoms with Crippen LogP contribution >= 0.6 is 0 Å². The van der Waals surface area contributed by atoms with E-state index in [2.05, 4.69) is 67.8 Å². The van der Waals surface area contributed by atoms with Gasteiger partial charge in [0.2, 0.25) is 5.91 Å². The molecule has 19 nitrogen and oxygen atoms in total. The molecule has 17 unspecified atom stereocenters. The highest BCUT2D eigenvalue weighted by Crippen LogP contribution is 2.33. The molecule has 3 saturated heterocycles. The van der Waals surface area contributed by atoms with E-state index in [-0.39, 0.29) is 18.9 Å². The number of carbonyl (C=O) groups is 1. The maximum atomic E-state index is 13.4. The summed E-state index contributed by atoms with van der Waals surface area (Å²) in [5, 5.41) is 121. The van der Waals surface area contributed by atoms with Gasteiger partial charge in [0.05, 0.1) is 38.6 Å². The van der Waals surface area contributed by atoms with Crippen LogP contribution in [0.2, 0.25) is 0 Å². The number of hydrogen-bond acceptors (Lipinski definition) is 18. The number of amides is 1. The molecule has 3 heterocycles. The summed E-state index contributed by atoms with van der Waals surface area (Å²) in [5.41, 5.74) is 0. The summed E-state index contributed by atoms with van der Waals surface area (Å²) < 4.78 is 34.4. The van der Waals surface area contributed by atoms with Crippen molar-refractivity contribution in [1.82, 2.24) is 5.32 Å². The Labute approximate surface area is 573 Å². The summed E-state index contributed by atoms with van der Waals surface area (Å²) in [6, 6.07) is -1.00. The number of aliphatic hydroxyl groups is 11. The molecule has 95 heavy (non-hydrogen) atoms. The Kier molecular flexibility index (Phi) is 52.2. The molecule has 0 spiro atoms. The monoisotopic (exact) mass is 1350 g/mol. The highest BCUT2D eigenvalue weighted by molar-refractivity contribution is 5.76. The highest BCUT2D eigenvalue weighted by Gasteiger charge is 2.53. The maximum absolute atomic E-state index is 13.4. The lowest BCUT2D eigenvalue weighted by atomic mass is 9.96. The van der Waals surface area contributed by atoms with Crippen molar-refractivity contribution in [3.05, 3.63) is 60.8 Å². The number of nitrogens with one attached hydrogen (secondary N) is 1. The molecule has 19 heteroatoms. The van der Waals surface area contributed by atoms with E-state index in [0.717, 1.165) is 64.2 Å². The van der Waals surface area contributed by atoms with Crippen molar-refractivity contribution in [1.29, 1.82) is 0 Å². The molecule has 17 atom stereocenters. The lowest BCUT2D eigenvalue weighted by Crippen LogP contribution is -2.66. The van der Waals surface area contributed by atoms with Gasteiger partial charge in [0, 0.05) is 6.42 Å². The van der Waals surface area contributed by atoms with Gasteiger partial charge < -0.3 is 89.9 Å². The van der Waals surface area contributed by atoms with E-state index < -0.39 is 124 Å². The Bertz CT molecular complexity index is 1950. The number of hydrogen-bond donors (Lipinski definition) is 12. The molecule has 3 rings (SSSR count). The van der Waals surface area contributed by atoms with Crippen molar-refractivity contribution in [2.45, 2.75) is 388 Å². The lowest BCUT2D eigenvalue weighted by Gasteiger charge is -2.48. The number of unbranched alkanes of at least 4 members (excludes halogenated alkanes) is 35. The predicted molar refractivity (Wildman–Crippen MR) is 374 cm³/mol. The van der Waals surface area contributed by atoms with Crippen LogP contribution in [0.15, 0.2) is 60.8 Å². The quantitative estimate of drug-likeness (QED) is 0.0199. The van der Waals surface area contributed by atoms with Gasteiger partial charge in [0.1, 0.15) is 73.2 Å². The minimum absolute atomic E-state index is 0.226. The fourth-order valence-corrected chi connectivity index (χ4v) is 12.6. The minimum atomic E-state index is -1.99. The van der Waals surface area contributed by atoms with E-state index in [0.29, 0.717) is 12.8 Å². The van der Waals surface area contributed by atoms with Gasteiger partial charge >= 0.3 is 0 Å². The van der Waals surface area contributed by atoms with E-state index in [1.807, 2.05) is 6.08 Å². The molecular weight excluding hydrogens is 1210 g/mol. The van der Waals surface area contributed by atoms with Crippen molar-refractivity contribution in [2.24, 2.45) is 0 Å². The van der Waals surface area contributed by atoms with Crippen LogP contribution in [0.5, 0.6) is 0 Å². The fourth-order valence-electron chi connectivity index (χ4n) is 12.6. The molecule has 3 aliphatic rings. The van der Waals surface area contributed by atoms with Gasteiger partial charge in [-0.2, -0.15) is 0 Å². The van der Waals surface area contributed by atoms with E-state index in [9.17, 15) is 61.0 Å². The third-order valence-electron chi connectivity index (χ3n) is 18.8. The lowest BCUT2D eigenvalue weighted by molar-refractivity contribution is -0.379. The average Bonchev–Trinajstić information content (AvgIpc) is 0.787. The van der Waals surface area contributed by atoms with Crippen molar-refractivity contribution in [3.63, 3.8) is 0 Å². The number of allylic oxidation sites excluding steroid dienone is 9. The van der Waals surface area contributed by atoms with Crippen LogP contribution in [0.25, 0.3) is 0 Å². The first-order chi connectivity index (χ1) is 46.3. The summed E-state index contributed by atoms with van der Waals surface area (Å²) in [6.45, 7) is 1.72. The first kappa shape index (κ1) is 86.7. The van der Waals surface area contributed by atoms with E-state index in [1.165, 1.54) is 186 Å². The third-order valence-corrected chi connectivity index (χ3v) is 18.8. The van der Waals surface area contributed by atoms with E-state index in [1.54, 1.807) is 6.08 Å². The maximum Gasteiger partial charge on any atom is 0.220 e. The van der Waals surface area contributed by atoms with Crippen molar-refractivity contribution >= 4 is 5.91 Å². The molecular formula is C76H137NO18. The van der Waals surface area contributed by atoms with Gasteiger partial charge in [-0.05, 0) is 77.0 Å². The summed E-state index contributed by atoms with van der Waals surface area (Å²) in [6.07, 6.45) is 44.9. The predicted octanol–water partition coefficient (Wildman–Crippen LogP) is 11.5. The number of rotatable bonds is 59.